The Morgan fingerprint density at radius 2 is 1.94 bits per heavy atom. The lowest BCUT2D eigenvalue weighted by Gasteiger charge is -2.17. The van der Waals surface area contributed by atoms with Gasteiger partial charge in [-0.2, -0.15) is 0 Å². The second-order valence-corrected chi connectivity index (χ2v) is 3.43. The molecule has 0 saturated carbocycles. The highest BCUT2D eigenvalue weighted by Crippen LogP contribution is 1.92. The van der Waals surface area contributed by atoms with Crippen molar-refractivity contribution in [2.24, 2.45) is 0 Å². The fourth-order valence-electron chi connectivity index (χ4n) is 1.29. The molecule has 0 bridgehead atoms. The van der Waals surface area contributed by atoms with Crippen molar-refractivity contribution in [3.63, 3.8) is 0 Å². The maximum Gasteiger partial charge on any atom is 0.330 e. The van der Waals surface area contributed by atoms with Gasteiger partial charge < -0.3 is 9.64 Å². The predicted octanol–water partition coefficient (Wildman–Crippen LogP) is 2.39. The Morgan fingerprint density at radius 1 is 1.25 bits per heavy atom. The zero-order valence-electron chi connectivity index (χ0n) is 10.6. The van der Waals surface area contributed by atoms with Gasteiger partial charge in [0, 0.05) is 12.6 Å². The van der Waals surface area contributed by atoms with Crippen molar-refractivity contribution in [3.8, 4) is 0 Å². The molecule has 92 valence electrons. The van der Waals surface area contributed by atoms with Crippen LogP contribution in [0, 0.1) is 0 Å². The van der Waals surface area contributed by atoms with Crippen molar-refractivity contribution >= 4 is 5.97 Å². The quantitative estimate of drug-likeness (QED) is 0.275. The molecule has 0 atom stereocenters. The smallest absolute Gasteiger partial charge is 0.330 e. The van der Waals surface area contributed by atoms with E-state index in [4.69, 9.17) is 4.74 Å². The monoisotopic (exact) mass is 225 g/mol. The minimum absolute atomic E-state index is 0.266. The zero-order chi connectivity index (χ0) is 12.2. The Morgan fingerprint density at radius 3 is 2.50 bits per heavy atom. The van der Waals surface area contributed by atoms with E-state index < -0.39 is 0 Å². The van der Waals surface area contributed by atoms with Gasteiger partial charge in [-0.25, -0.2) is 4.79 Å². The average molecular weight is 225 g/mol. The molecular weight excluding hydrogens is 202 g/mol. The van der Waals surface area contributed by atoms with E-state index in [0.717, 1.165) is 26.1 Å². The third-order valence-electron chi connectivity index (χ3n) is 2.29. The number of hydrogen-bond acceptors (Lipinski definition) is 3. The van der Waals surface area contributed by atoms with Crippen LogP contribution in [-0.4, -0.2) is 37.1 Å². The van der Waals surface area contributed by atoms with Gasteiger partial charge in [0.05, 0.1) is 6.61 Å². The van der Waals surface area contributed by atoms with Gasteiger partial charge in [-0.05, 0) is 26.4 Å². The SMILES string of the molecule is CC=CC=CC(=O)OCCCN(CC)CC. The van der Waals surface area contributed by atoms with E-state index in [0.29, 0.717) is 6.61 Å². The first kappa shape index (κ1) is 14.9. The molecule has 3 heteroatoms. The maximum atomic E-state index is 11.1. The van der Waals surface area contributed by atoms with Crippen LogP contribution in [-0.2, 0) is 9.53 Å². The number of ether oxygens (including phenoxy) is 1. The second kappa shape index (κ2) is 10.4. The van der Waals surface area contributed by atoms with Crippen LogP contribution < -0.4 is 0 Å². The molecule has 0 heterocycles. The first-order valence-corrected chi connectivity index (χ1v) is 5.93. The van der Waals surface area contributed by atoms with E-state index in [1.807, 2.05) is 13.0 Å². The third-order valence-corrected chi connectivity index (χ3v) is 2.29. The molecule has 0 aliphatic heterocycles. The van der Waals surface area contributed by atoms with E-state index in [1.165, 1.54) is 6.08 Å². The Kier molecular flexibility index (Phi) is 9.72. The summed E-state index contributed by atoms with van der Waals surface area (Å²) in [4.78, 5) is 13.5. The maximum absolute atomic E-state index is 11.1. The fraction of sp³-hybridized carbons (Fsp3) is 0.615. The van der Waals surface area contributed by atoms with Crippen LogP contribution in [0.5, 0.6) is 0 Å². The molecule has 0 aromatic rings. The topological polar surface area (TPSA) is 29.5 Å². The number of rotatable bonds is 8. The van der Waals surface area contributed by atoms with Crippen LogP contribution in [0.4, 0.5) is 0 Å². The summed E-state index contributed by atoms with van der Waals surface area (Å²) in [6.07, 6.45) is 7.69. The van der Waals surface area contributed by atoms with Crippen molar-refractivity contribution in [1.82, 2.24) is 4.90 Å². The molecule has 0 aromatic heterocycles. The molecular formula is C13H23NO2. The number of carbonyl (C=O) groups excluding carboxylic acids is 1. The molecule has 0 fully saturated rings. The van der Waals surface area contributed by atoms with Crippen LogP contribution in [0.2, 0.25) is 0 Å². The van der Waals surface area contributed by atoms with E-state index in [1.54, 1.807) is 12.2 Å². The molecule has 16 heavy (non-hydrogen) atoms. The van der Waals surface area contributed by atoms with Crippen LogP contribution in [0.3, 0.4) is 0 Å². The highest BCUT2D eigenvalue weighted by Gasteiger charge is 2.00. The van der Waals surface area contributed by atoms with Crippen molar-refractivity contribution in [3.05, 3.63) is 24.3 Å². The molecule has 0 N–H and O–H groups in total. The summed E-state index contributed by atoms with van der Waals surface area (Å²) < 4.78 is 5.04. The molecule has 0 aliphatic rings. The largest absolute Gasteiger partial charge is 0.462 e. The molecule has 0 spiro atoms. The lowest BCUT2D eigenvalue weighted by Crippen LogP contribution is -2.25. The van der Waals surface area contributed by atoms with Gasteiger partial charge in [0.15, 0.2) is 0 Å². The molecule has 0 saturated heterocycles. The molecule has 0 aromatic carbocycles. The van der Waals surface area contributed by atoms with Crippen molar-refractivity contribution in [1.29, 1.82) is 0 Å². The Bertz CT molecular complexity index is 230. The number of hydrogen-bond donors (Lipinski definition) is 0. The summed E-state index contributed by atoms with van der Waals surface area (Å²) >= 11 is 0. The second-order valence-electron chi connectivity index (χ2n) is 3.43. The number of allylic oxidation sites excluding steroid dienone is 3. The van der Waals surface area contributed by atoms with Gasteiger partial charge in [0.1, 0.15) is 0 Å². The summed E-state index contributed by atoms with van der Waals surface area (Å²) in [5.74, 6) is -0.266. The molecule has 3 nitrogen and oxygen atoms in total. The fourth-order valence-corrected chi connectivity index (χ4v) is 1.29. The standard InChI is InChI=1S/C13H23NO2/c1-4-7-8-10-13(15)16-12-9-11-14(5-2)6-3/h4,7-8,10H,5-6,9,11-12H2,1-3H3. The molecule has 0 unspecified atom stereocenters. The average Bonchev–Trinajstić information content (AvgIpc) is 2.30. The van der Waals surface area contributed by atoms with Gasteiger partial charge in [-0.1, -0.05) is 32.1 Å². The van der Waals surface area contributed by atoms with E-state index >= 15 is 0 Å². The number of carbonyl (C=O) groups is 1. The van der Waals surface area contributed by atoms with Gasteiger partial charge in [0.25, 0.3) is 0 Å². The Labute approximate surface area is 98.8 Å². The van der Waals surface area contributed by atoms with E-state index in [-0.39, 0.29) is 5.97 Å². The summed E-state index contributed by atoms with van der Waals surface area (Å²) in [5.41, 5.74) is 0. The normalized spacial score (nSPS) is 11.8. The molecule has 0 radical (unpaired) electrons. The summed E-state index contributed by atoms with van der Waals surface area (Å²) in [5, 5.41) is 0. The first-order chi connectivity index (χ1) is 7.74. The lowest BCUT2D eigenvalue weighted by atomic mass is 10.4. The highest BCUT2D eigenvalue weighted by atomic mass is 16.5. The number of nitrogens with zero attached hydrogens (tertiary/aromatic N) is 1. The van der Waals surface area contributed by atoms with E-state index in [2.05, 4.69) is 18.7 Å². The number of esters is 1. The van der Waals surface area contributed by atoms with Gasteiger partial charge >= 0.3 is 5.97 Å². The molecule has 0 amide bonds. The minimum Gasteiger partial charge on any atom is -0.462 e. The first-order valence-electron chi connectivity index (χ1n) is 5.93. The van der Waals surface area contributed by atoms with Gasteiger partial charge in [-0.3, -0.25) is 0 Å². The zero-order valence-corrected chi connectivity index (χ0v) is 10.6. The lowest BCUT2D eigenvalue weighted by molar-refractivity contribution is -0.137. The van der Waals surface area contributed by atoms with Gasteiger partial charge in [0.2, 0.25) is 0 Å². The van der Waals surface area contributed by atoms with Crippen LogP contribution in [0.15, 0.2) is 24.3 Å². The van der Waals surface area contributed by atoms with Gasteiger partial charge in [-0.15, -0.1) is 0 Å². The van der Waals surface area contributed by atoms with Crippen molar-refractivity contribution < 1.29 is 9.53 Å². The summed E-state index contributed by atoms with van der Waals surface area (Å²) in [6, 6.07) is 0. The highest BCUT2D eigenvalue weighted by molar-refractivity contribution is 5.82. The van der Waals surface area contributed by atoms with Crippen molar-refractivity contribution in [2.45, 2.75) is 27.2 Å². The van der Waals surface area contributed by atoms with Crippen LogP contribution >= 0.6 is 0 Å². The molecule has 0 rings (SSSR count). The summed E-state index contributed by atoms with van der Waals surface area (Å²) in [6.45, 7) is 9.75. The Hall–Kier alpha value is -1.09. The molecule has 0 aliphatic carbocycles. The van der Waals surface area contributed by atoms with E-state index in [9.17, 15) is 4.79 Å². The minimum atomic E-state index is -0.266. The summed E-state index contributed by atoms with van der Waals surface area (Å²) in [7, 11) is 0. The Balaban J connectivity index is 3.54. The predicted molar refractivity (Wildman–Crippen MR) is 67.3 cm³/mol. The van der Waals surface area contributed by atoms with Crippen LogP contribution in [0.1, 0.15) is 27.2 Å². The third kappa shape index (κ3) is 8.24. The van der Waals surface area contributed by atoms with Crippen molar-refractivity contribution in [2.75, 3.05) is 26.2 Å². The van der Waals surface area contributed by atoms with Crippen LogP contribution in [0.25, 0.3) is 0 Å².